The van der Waals surface area contributed by atoms with Gasteiger partial charge in [-0.1, -0.05) is 51.5 Å². The lowest BCUT2D eigenvalue weighted by atomic mass is 10.0. The molecule has 7 rings (SSSR count). The Bertz CT molecular complexity index is 2170. The number of benzene rings is 3. The summed E-state index contributed by atoms with van der Waals surface area (Å²) >= 11 is 2.94. The monoisotopic (exact) mass is 687 g/mol. The average molecular weight is 689 g/mol. The van der Waals surface area contributed by atoms with Crippen LogP contribution in [-0.4, -0.2) is 46.5 Å². The van der Waals surface area contributed by atoms with Crippen LogP contribution in [0.5, 0.6) is 0 Å². The minimum absolute atomic E-state index is 0.00906. The number of alkyl halides is 3. The smallest absolute Gasteiger partial charge is 0.332 e. The molecule has 0 radical (unpaired) electrons. The SMILES string of the molecule is Cc1cnnn1-c1ccc(-n2c(=O)c3c(n4ncc(Cc5ccccc5)c24)CN(C(=O)c2ccc(Br)c(C(F)(F)F)c2)CC3)cc1. The minimum atomic E-state index is -4.63. The van der Waals surface area contributed by atoms with Crippen molar-refractivity contribution < 1.29 is 18.0 Å². The maximum atomic E-state index is 14.3. The fraction of sp³-hybridized carbons (Fsp3) is 0.182. The molecule has 0 fully saturated rings. The number of carbonyl (C=O) groups excluding carboxylic acids is 1. The number of rotatable bonds is 5. The van der Waals surface area contributed by atoms with Gasteiger partial charge < -0.3 is 4.90 Å². The van der Waals surface area contributed by atoms with E-state index in [9.17, 15) is 22.8 Å². The highest BCUT2D eigenvalue weighted by atomic mass is 79.9. The van der Waals surface area contributed by atoms with Crippen molar-refractivity contribution >= 4 is 27.5 Å². The van der Waals surface area contributed by atoms with E-state index < -0.39 is 17.6 Å². The Morgan fingerprint density at radius 2 is 1.72 bits per heavy atom. The van der Waals surface area contributed by atoms with Crippen LogP contribution in [0.25, 0.3) is 17.0 Å². The average Bonchev–Trinajstić information content (AvgIpc) is 3.67. The second-order valence-corrected chi connectivity index (χ2v) is 12.0. The van der Waals surface area contributed by atoms with Crippen LogP contribution in [-0.2, 0) is 25.6 Å². The molecule has 3 aromatic heterocycles. The van der Waals surface area contributed by atoms with E-state index in [0.717, 1.165) is 28.6 Å². The second kappa shape index (κ2) is 11.4. The Labute approximate surface area is 268 Å². The van der Waals surface area contributed by atoms with Crippen molar-refractivity contribution in [2.75, 3.05) is 6.54 Å². The van der Waals surface area contributed by atoms with Crippen LogP contribution < -0.4 is 5.56 Å². The normalized spacial score (nSPS) is 13.3. The fourth-order valence-corrected chi connectivity index (χ4v) is 6.38. The summed E-state index contributed by atoms with van der Waals surface area (Å²) in [6.07, 6.45) is -0.537. The maximum absolute atomic E-state index is 14.3. The lowest BCUT2D eigenvalue weighted by molar-refractivity contribution is -0.138. The second-order valence-electron chi connectivity index (χ2n) is 11.1. The summed E-state index contributed by atoms with van der Waals surface area (Å²) in [6.45, 7) is 2.06. The van der Waals surface area contributed by atoms with Crippen molar-refractivity contribution in [1.29, 1.82) is 0 Å². The summed E-state index contributed by atoms with van der Waals surface area (Å²) < 4.78 is 45.6. The number of hydrogen-bond donors (Lipinski definition) is 0. The summed E-state index contributed by atoms with van der Waals surface area (Å²) in [5, 5.41) is 12.8. The Morgan fingerprint density at radius 1 is 0.978 bits per heavy atom. The lowest BCUT2D eigenvalue weighted by Gasteiger charge is -2.30. The molecule has 0 bridgehead atoms. The van der Waals surface area contributed by atoms with Crippen LogP contribution in [0.4, 0.5) is 13.2 Å². The predicted molar refractivity (Wildman–Crippen MR) is 167 cm³/mol. The first-order chi connectivity index (χ1) is 22.1. The van der Waals surface area contributed by atoms with E-state index in [1.54, 1.807) is 26.2 Å². The van der Waals surface area contributed by atoms with Gasteiger partial charge >= 0.3 is 6.18 Å². The molecule has 4 heterocycles. The van der Waals surface area contributed by atoms with Gasteiger partial charge in [-0.15, -0.1) is 5.10 Å². The molecule has 232 valence electrons. The molecule has 3 aromatic carbocycles. The van der Waals surface area contributed by atoms with Gasteiger partial charge in [0, 0.05) is 34.1 Å². The van der Waals surface area contributed by atoms with Crippen molar-refractivity contribution in [3.8, 4) is 11.4 Å². The van der Waals surface area contributed by atoms with Crippen molar-refractivity contribution in [2.24, 2.45) is 0 Å². The van der Waals surface area contributed by atoms with Gasteiger partial charge in [-0.2, -0.15) is 18.3 Å². The molecule has 1 amide bonds. The van der Waals surface area contributed by atoms with Gasteiger partial charge in [0.05, 0.1) is 47.3 Å². The summed E-state index contributed by atoms with van der Waals surface area (Å²) in [7, 11) is 0. The van der Waals surface area contributed by atoms with Gasteiger partial charge in [-0.05, 0) is 61.4 Å². The Hall–Kier alpha value is -5.04. The van der Waals surface area contributed by atoms with Gasteiger partial charge in [0.2, 0.25) is 0 Å². The number of aromatic nitrogens is 6. The summed E-state index contributed by atoms with van der Waals surface area (Å²) in [5.74, 6) is -0.559. The van der Waals surface area contributed by atoms with E-state index in [1.807, 2.05) is 61.5 Å². The first-order valence-electron chi connectivity index (χ1n) is 14.4. The molecular formula is C33H25BrF3N7O2. The lowest BCUT2D eigenvalue weighted by Crippen LogP contribution is -2.41. The Morgan fingerprint density at radius 3 is 2.41 bits per heavy atom. The highest BCUT2D eigenvalue weighted by molar-refractivity contribution is 9.10. The van der Waals surface area contributed by atoms with Crippen molar-refractivity contribution in [2.45, 2.75) is 32.5 Å². The molecule has 1 aliphatic heterocycles. The molecule has 0 unspecified atom stereocenters. The third-order valence-electron chi connectivity index (χ3n) is 8.18. The van der Waals surface area contributed by atoms with Crippen LogP contribution >= 0.6 is 15.9 Å². The van der Waals surface area contributed by atoms with Crippen LogP contribution in [0.2, 0.25) is 0 Å². The van der Waals surface area contributed by atoms with E-state index in [4.69, 9.17) is 5.10 Å². The number of hydrogen-bond acceptors (Lipinski definition) is 5. The zero-order chi connectivity index (χ0) is 32.2. The molecule has 9 nitrogen and oxygen atoms in total. The highest BCUT2D eigenvalue weighted by Gasteiger charge is 2.35. The van der Waals surface area contributed by atoms with E-state index in [0.29, 0.717) is 29.0 Å². The van der Waals surface area contributed by atoms with E-state index >= 15 is 0 Å². The molecule has 0 N–H and O–H groups in total. The number of nitrogens with zero attached hydrogens (tertiary/aromatic N) is 7. The molecule has 0 aliphatic carbocycles. The molecule has 1 aliphatic rings. The van der Waals surface area contributed by atoms with E-state index in [2.05, 4.69) is 26.2 Å². The van der Waals surface area contributed by atoms with Crippen molar-refractivity contribution in [3.05, 3.63) is 139 Å². The highest BCUT2D eigenvalue weighted by Crippen LogP contribution is 2.36. The van der Waals surface area contributed by atoms with Crippen LogP contribution in [0.1, 0.15) is 44.0 Å². The standard InChI is InChI=1S/C33H25BrF3N7O2/c1-20-17-38-40-43(20)25-10-8-24(9-11-25)42-30-23(15-21-5-3-2-4-6-21)18-39-44(30)29-19-41(14-13-26(29)32(42)46)31(45)22-7-12-28(34)27(16-22)33(35,36)37/h2-12,16-18H,13-15,19H2,1H3. The van der Waals surface area contributed by atoms with Gasteiger partial charge in [0.15, 0.2) is 0 Å². The van der Waals surface area contributed by atoms with E-state index in [1.165, 1.54) is 17.0 Å². The largest absolute Gasteiger partial charge is 0.417 e. The molecule has 6 aromatic rings. The number of fused-ring (bicyclic) bond motifs is 3. The van der Waals surface area contributed by atoms with Crippen LogP contribution in [0, 0.1) is 6.92 Å². The number of halogens is 4. The Balaban J connectivity index is 1.33. The number of aryl methyl sites for hydroxylation is 1. The van der Waals surface area contributed by atoms with Crippen molar-refractivity contribution in [1.82, 2.24) is 34.1 Å². The summed E-state index contributed by atoms with van der Waals surface area (Å²) in [4.78, 5) is 29.3. The first-order valence-corrected chi connectivity index (χ1v) is 15.2. The maximum Gasteiger partial charge on any atom is 0.417 e. The zero-order valence-corrected chi connectivity index (χ0v) is 26.0. The first kappa shape index (κ1) is 29.7. The molecule has 0 saturated carbocycles. The van der Waals surface area contributed by atoms with Crippen LogP contribution in [0.3, 0.4) is 0 Å². The summed E-state index contributed by atoms with van der Waals surface area (Å²) in [6, 6.07) is 20.6. The molecule has 0 spiro atoms. The third kappa shape index (κ3) is 5.19. The van der Waals surface area contributed by atoms with Crippen LogP contribution in [0.15, 0.2) is 94.5 Å². The number of carbonyl (C=O) groups is 1. The molecule has 0 saturated heterocycles. The third-order valence-corrected chi connectivity index (χ3v) is 8.87. The van der Waals surface area contributed by atoms with Gasteiger partial charge in [0.25, 0.3) is 11.5 Å². The minimum Gasteiger partial charge on any atom is -0.332 e. The van der Waals surface area contributed by atoms with E-state index in [-0.39, 0.29) is 35.1 Å². The fourth-order valence-electron chi connectivity index (χ4n) is 5.91. The van der Waals surface area contributed by atoms with Gasteiger partial charge in [0.1, 0.15) is 5.65 Å². The van der Waals surface area contributed by atoms with Gasteiger partial charge in [-0.25, -0.2) is 9.20 Å². The van der Waals surface area contributed by atoms with Gasteiger partial charge in [-0.3, -0.25) is 14.2 Å². The topological polar surface area (TPSA) is 90.3 Å². The molecule has 13 heteroatoms. The molecule has 46 heavy (non-hydrogen) atoms. The van der Waals surface area contributed by atoms with Crippen molar-refractivity contribution in [3.63, 3.8) is 0 Å². The predicted octanol–water partition coefficient (Wildman–Crippen LogP) is 5.94. The quantitative estimate of drug-likeness (QED) is 0.224. The zero-order valence-electron chi connectivity index (χ0n) is 24.4. The summed E-state index contributed by atoms with van der Waals surface area (Å²) in [5.41, 5.74) is 4.42. The number of amides is 1. The Kier molecular flexibility index (Phi) is 7.35. The molecular weight excluding hydrogens is 663 g/mol. The molecule has 0 atom stereocenters.